The highest BCUT2D eigenvalue weighted by molar-refractivity contribution is 6.28. The molecule has 4 nitrogen and oxygen atoms in total. The van der Waals surface area contributed by atoms with Gasteiger partial charge in [-0.05, 0) is 24.6 Å². The summed E-state index contributed by atoms with van der Waals surface area (Å²) in [4.78, 5) is 12.3. The maximum absolute atomic E-state index is 5.75. The van der Waals surface area contributed by atoms with Crippen LogP contribution < -0.4 is 4.90 Å². The normalized spacial score (nSPS) is 16.3. The zero-order chi connectivity index (χ0) is 10.8. The quantitative estimate of drug-likeness (QED) is 0.717. The molecule has 1 fully saturated rings. The number of rotatable bonds is 2. The molecule has 15 heavy (non-hydrogen) atoms. The first-order valence-corrected chi connectivity index (χ1v) is 5.30. The van der Waals surface area contributed by atoms with Gasteiger partial charge in [0.05, 0.1) is 0 Å². The van der Waals surface area contributed by atoms with Gasteiger partial charge in [-0.1, -0.05) is 6.58 Å². The molecule has 0 aliphatic carbocycles. The Labute approximate surface area is 94.2 Å². The average Bonchev–Trinajstić information content (AvgIpc) is 2.59. The summed E-state index contributed by atoms with van der Waals surface area (Å²) in [5.41, 5.74) is 0. The molecule has 0 atom stereocenters. The summed E-state index contributed by atoms with van der Waals surface area (Å²) in [6, 6.07) is 1.84. The number of anilines is 1. The second-order valence-corrected chi connectivity index (χ2v) is 3.67. The van der Waals surface area contributed by atoms with Crippen LogP contribution in [0.5, 0.6) is 0 Å². The molecule has 2 heterocycles. The second kappa shape index (κ2) is 4.06. The summed E-state index contributed by atoms with van der Waals surface area (Å²) in [6.07, 6.45) is 1.66. The Kier molecular flexibility index (Phi) is 2.77. The van der Waals surface area contributed by atoms with Crippen molar-refractivity contribution in [2.45, 2.75) is 6.92 Å². The monoisotopic (exact) mass is 224 g/mol. The van der Waals surface area contributed by atoms with Crippen LogP contribution in [0, 0.1) is 0 Å². The van der Waals surface area contributed by atoms with Crippen molar-refractivity contribution in [1.29, 1.82) is 0 Å². The Bertz CT molecular complexity index is 379. The van der Waals surface area contributed by atoms with Crippen molar-refractivity contribution in [3.05, 3.63) is 29.9 Å². The molecule has 0 bridgehead atoms. The average molecular weight is 225 g/mol. The van der Waals surface area contributed by atoms with E-state index >= 15 is 0 Å². The summed E-state index contributed by atoms with van der Waals surface area (Å²) in [7, 11) is 0. The number of nitrogens with zero attached hydrogens (tertiary/aromatic N) is 4. The molecule has 80 valence electrons. The molecule has 0 amide bonds. The van der Waals surface area contributed by atoms with Crippen molar-refractivity contribution in [2.24, 2.45) is 0 Å². The van der Waals surface area contributed by atoms with E-state index in [0.29, 0.717) is 0 Å². The van der Waals surface area contributed by atoms with E-state index < -0.39 is 0 Å². The summed E-state index contributed by atoms with van der Waals surface area (Å²) >= 11 is 5.75. The van der Waals surface area contributed by atoms with E-state index in [2.05, 4.69) is 33.3 Å². The second-order valence-electron chi connectivity index (χ2n) is 3.33. The number of hydrogen-bond acceptors (Lipinski definition) is 4. The molecule has 0 N–H and O–H groups in total. The van der Waals surface area contributed by atoms with Crippen LogP contribution in [0.1, 0.15) is 6.92 Å². The molecule has 0 aromatic carbocycles. The zero-order valence-electron chi connectivity index (χ0n) is 8.65. The highest BCUT2D eigenvalue weighted by Gasteiger charge is 2.23. The Morgan fingerprint density at radius 2 is 2.33 bits per heavy atom. The van der Waals surface area contributed by atoms with E-state index in [1.807, 2.05) is 6.07 Å². The molecule has 1 aliphatic heterocycles. The first-order valence-electron chi connectivity index (χ1n) is 4.92. The lowest BCUT2D eigenvalue weighted by Crippen LogP contribution is -2.22. The van der Waals surface area contributed by atoms with Crippen LogP contribution in [-0.4, -0.2) is 34.5 Å². The van der Waals surface area contributed by atoms with Crippen molar-refractivity contribution in [3.63, 3.8) is 0 Å². The zero-order valence-corrected chi connectivity index (χ0v) is 9.41. The van der Waals surface area contributed by atoms with Crippen molar-refractivity contribution in [3.8, 4) is 0 Å². The van der Waals surface area contributed by atoms with Gasteiger partial charge in [0.25, 0.3) is 0 Å². The Morgan fingerprint density at radius 3 is 2.93 bits per heavy atom. The minimum Gasteiger partial charge on any atom is -0.357 e. The lowest BCUT2D eigenvalue weighted by Gasteiger charge is -2.21. The molecule has 1 saturated heterocycles. The summed E-state index contributed by atoms with van der Waals surface area (Å²) < 4.78 is 0. The fraction of sp³-hybridized carbons (Fsp3) is 0.400. The molecule has 5 heteroatoms. The summed E-state index contributed by atoms with van der Waals surface area (Å²) in [5.74, 6) is 1.79. The Balaban J connectivity index is 2.22. The largest absolute Gasteiger partial charge is 0.357 e. The topological polar surface area (TPSA) is 32.3 Å². The first-order chi connectivity index (χ1) is 7.22. The van der Waals surface area contributed by atoms with Crippen LogP contribution >= 0.6 is 11.6 Å². The van der Waals surface area contributed by atoms with Crippen LogP contribution in [0.4, 0.5) is 5.82 Å². The standard InChI is InChI=1S/C10H13ClN4/c1-3-14-6-7-15(8(14)2)9-4-5-12-10(11)13-9/h4-5H,2-3,6-7H2,1H3. The van der Waals surface area contributed by atoms with Crippen LogP contribution in [0.2, 0.25) is 5.28 Å². The number of likely N-dealkylation sites (N-methyl/N-ethyl adjacent to an activating group) is 1. The van der Waals surface area contributed by atoms with Gasteiger partial charge in [-0.2, -0.15) is 0 Å². The molecule has 0 spiro atoms. The highest BCUT2D eigenvalue weighted by atomic mass is 35.5. The van der Waals surface area contributed by atoms with E-state index in [1.165, 1.54) is 0 Å². The predicted molar refractivity (Wildman–Crippen MR) is 60.8 cm³/mol. The fourth-order valence-corrected chi connectivity index (χ4v) is 1.86. The van der Waals surface area contributed by atoms with Crippen LogP contribution in [0.15, 0.2) is 24.7 Å². The van der Waals surface area contributed by atoms with E-state index in [1.54, 1.807) is 6.20 Å². The third kappa shape index (κ3) is 1.90. The van der Waals surface area contributed by atoms with Crippen molar-refractivity contribution in [2.75, 3.05) is 24.5 Å². The SMILES string of the molecule is C=C1N(CC)CCN1c1ccnc(Cl)n1. The van der Waals surface area contributed by atoms with Gasteiger partial charge in [-0.3, -0.25) is 0 Å². The van der Waals surface area contributed by atoms with Crippen LogP contribution in [0.3, 0.4) is 0 Å². The van der Waals surface area contributed by atoms with Crippen LogP contribution in [0.25, 0.3) is 0 Å². The smallest absolute Gasteiger partial charge is 0.224 e. The molecule has 0 saturated carbocycles. The van der Waals surface area contributed by atoms with Gasteiger partial charge in [-0.15, -0.1) is 0 Å². The maximum Gasteiger partial charge on any atom is 0.224 e. The third-order valence-electron chi connectivity index (χ3n) is 2.54. The molecule has 1 aromatic rings. The van der Waals surface area contributed by atoms with Crippen molar-refractivity contribution < 1.29 is 0 Å². The molecular formula is C10H13ClN4. The van der Waals surface area contributed by atoms with Gasteiger partial charge in [0.1, 0.15) is 11.6 Å². The van der Waals surface area contributed by atoms with E-state index in [4.69, 9.17) is 11.6 Å². The first kappa shape index (κ1) is 10.2. The molecule has 0 radical (unpaired) electrons. The number of halogens is 1. The van der Waals surface area contributed by atoms with Crippen LogP contribution in [-0.2, 0) is 0 Å². The number of hydrogen-bond donors (Lipinski definition) is 0. The molecular weight excluding hydrogens is 212 g/mol. The van der Waals surface area contributed by atoms with Gasteiger partial charge in [0.15, 0.2) is 0 Å². The minimum atomic E-state index is 0.273. The van der Waals surface area contributed by atoms with Gasteiger partial charge in [0, 0.05) is 25.8 Å². The molecule has 0 unspecified atom stereocenters. The van der Waals surface area contributed by atoms with Gasteiger partial charge in [0.2, 0.25) is 5.28 Å². The van der Waals surface area contributed by atoms with E-state index in [9.17, 15) is 0 Å². The third-order valence-corrected chi connectivity index (χ3v) is 2.72. The van der Waals surface area contributed by atoms with Gasteiger partial charge in [-0.25, -0.2) is 9.97 Å². The fourth-order valence-electron chi connectivity index (χ4n) is 1.71. The minimum absolute atomic E-state index is 0.273. The van der Waals surface area contributed by atoms with E-state index in [0.717, 1.165) is 31.3 Å². The van der Waals surface area contributed by atoms with Gasteiger partial charge < -0.3 is 9.80 Å². The van der Waals surface area contributed by atoms with Gasteiger partial charge >= 0.3 is 0 Å². The summed E-state index contributed by atoms with van der Waals surface area (Å²) in [6.45, 7) is 9.01. The summed E-state index contributed by atoms with van der Waals surface area (Å²) in [5, 5.41) is 0.273. The molecule has 1 aliphatic rings. The Hall–Kier alpha value is -1.29. The molecule has 1 aromatic heterocycles. The van der Waals surface area contributed by atoms with Crippen molar-refractivity contribution in [1.82, 2.24) is 14.9 Å². The van der Waals surface area contributed by atoms with E-state index in [-0.39, 0.29) is 5.28 Å². The Morgan fingerprint density at radius 1 is 1.53 bits per heavy atom. The highest BCUT2D eigenvalue weighted by Crippen LogP contribution is 2.23. The molecule has 2 rings (SSSR count). The lowest BCUT2D eigenvalue weighted by molar-refractivity contribution is 0.422. The predicted octanol–water partition coefficient (Wildman–Crippen LogP) is 1.74. The maximum atomic E-state index is 5.75. The van der Waals surface area contributed by atoms with Crippen molar-refractivity contribution >= 4 is 17.4 Å². The lowest BCUT2D eigenvalue weighted by atomic mass is 10.5. The number of aromatic nitrogens is 2.